The molecule has 2 aromatic heterocycles. The summed E-state index contributed by atoms with van der Waals surface area (Å²) in [6.45, 7) is 0. The fourth-order valence-electron chi connectivity index (χ4n) is 1.02. The molecule has 0 radical (unpaired) electrons. The van der Waals surface area contributed by atoms with Crippen LogP contribution >= 0.6 is 0 Å². The molecular formula is C7H5N3O2. The molecule has 0 aliphatic rings. The van der Waals surface area contributed by atoms with Gasteiger partial charge < -0.3 is 5.11 Å². The molecule has 0 saturated carbocycles. The van der Waals surface area contributed by atoms with Gasteiger partial charge in [-0.25, -0.2) is 14.8 Å². The molecule has 0 atom stereocenters. The number of rotatable bonds is 1. The minimum absolute atomic E-state index is 0.0531. The Bertz CT molecular complexity index is 435. The van der Waals surface area contributed by atoms with Crippen molar-refractivity contribution < 1.29 is 9.90 Å². The molecule has 0 unspecified atom stereocenters. The summed E-state index contributed by atoms with van der Waals surface area (Å²) in [5.74, 6) is -1.02. The molecule has 0 aliphatic heterocycles. The summed E-state index contributed by atoms with van der Waals surface area (Å²) >= 11 is 0. The van der Waals surface area contributed by atoms with Gasteiger partial charge in [-0.1, -0.05) is 0 Å². The van der Waals surface area contributed by atoms with Crippen LogP contribution < -0.4 is 0 Å². The van der Waals surface area contributed by atoms with Crippen molar-refractivity contribution >= 4 is 11.5 Å². The highest BCUT2D eigenvalue weighted by Gasteiger charge is 2.09. The lowest BCUT2D eigenvalue weighted by Gasteiger charge is -1.90. The first kappa shape index (κ1) is 6.78. The largest absolute Gasteiger partial charge is 0.476 e. The number of carbonyl (C=O) groups is 1. The van der Waals surface area contributed by atoms with Gasteiger partial charge in [0.25, 0.3) is 0 Å². The summed E-state index contributed by atoms with van der Waals surface area (Å²) in [6.07, 6.45) is 4.46. The van der Waals surface area contributed by atoms with Gasteiger partial charge in [-0.05, 0) is 6.07 Å². The second kappa shape index (κ2) is 2.30. The molecule has 0 fully saturated rings. The molecule has 60 valence electrons. The van der Waals surface area contributed by atoms with Crippen molar-refractivity contribution in [2.45, 2.75) is 0 Å². The zero-order valence-corrected chi connectivity index (χ0v) is 6.01. The third-order valence-electron chi connectivity index (χ3n) is 1.54. The Balaban J connectivity index is 2.79. The van der Waals surface area contributed by atoms with E-state index in [-0.39, 0.29) is 5.69 Å². The van der Waals surface area contributed by atoms with Crippen molar-refractivity contribution in [3.8, 4) is 0 Å². The van der Waals surface area contributed by atoms with Crippen molar-refractivity contribution in [3.63, 3.8) is 0 Å². The molecule has 0 amide bonds. The predicted octanol–water partition coefficient (Wildman–Crippen LogP) is 0.428. The number of carboxylic acid groups (broad SMARTS) is 1. The summed E-state index contributed by atoms with van der Waals surface area (Å²) in [7, 11) is 0. The maximum Gasteiger partial charge on any atom is 0.356 e. The van der Waals surface area contributed by atoms with E-state index in [1.54, 1.807) is 10.5 Å². The predicted molar refractivity (Wildman–Crippen MR) is 39.9 cm³/mol. The fourth-order valence-corrected chi connectivity index (χ4v) is 1.02. The first-order chi connectivity index (χ1) is 5.79. The molecule has 5 heteroatoms. The average Bonchev–Trinajstić information content (AvgIpc) is 2.47. The van der Waals surface area contributed by atoms with E-state index in [4.69, 9.17) is 5.11 Å². The molecule has 0 spiro atoms. The first-order valence-corrected chi connectivity index (χ1v) is 3.29. The van der Waals surface area contributed by atoms with E-state index >= 15 is 0 Å². The van der Waals surface area contributed by atoms with Crippen LogP contribution in [0, 0.1) is 0 Å². The zero-order valence-electron chi connectivity index (χ0n) is 6.01. The summed E-state index contributed by atoms with van der Waals surface area (Å²) in [5, 5.41) is 8.68. The van der Waals surface area contributed by atoms with Gasteiger partial charge in [-0.2, -0.15) is 0 Å². The van der Waals surface area contributed by atoms with Gasteiger partial charge in [0.2, 0.25) is 0 Å². The fraction of sp³-hybridized carbons (Fsp3) is 0. The van der Waals surface area contributed by atoms with Crippen LogP contribution in [0.3, 0.4) is 0 Å². The lowest BCUT2D eigenvalue weighted by Crippen LogP contribution is -1.97. The number of imidazole rings is 1. The van der Waals surface area contributed by atoms with Gasteiger partial charge in [0.05, 0.1) is 5.52 Å². The highest BCUT2D eigenvalue weighted by atomic mass is 16.4. The molecule has 2 rings (SSSR count). The Kier molecular flexibility index (Phi) is 1.30. The SMILES string of the molecule is O=C(O)c1ncn2cnccc12. The van der Waals surface area contributed by atoms with Crippen molar-refractivity contribution in [1.29, 1.82) is 0 Å². The minimum atomic E-state index is -1.02. The number of fused-ring (bicyclic) bond motifs is 1. The number of carboxylic acids is 1. The van der Waals surface area contributed by atoms with Gasteiger partial charge in [-0.3, -0.25) is 4.40 Å². The summed E-state index contributed by atoms with van der Waals surface area (Å²) in [4.78, 5) is 18.1. The number of hydrogen-bond donors (Lipinski definition) is 1. The molecule has 2 heterocycles. The van der Waals surface area contributed by atoms with E-state index in [1.807, 2.05) is 0 Å². The Hall–Kier alpha value is -1.91. The third kappa shape index (κ3) is 0.833. The lowest BCUT2D eigenvalue weighted by molar-refractivity contribution is 0.0693. The maximum atomic E-state index is 10.6. The molecule has 0 saturated heterocycles. The molecule has 0 aromatic carbocycles. The summed E-state index contributed by atoms with van der Waals surface area (Å²) < 4.78 is 1.56. The van der Waals surface area contributed by atoms with Gasteiger partial charge in [-0.15, -0.1) is 0 Å². The maximum absolute atomic E-state index is 10.6. The molecule has 2 aromatic rings. The van der Waals surface area contributed by atoms with E-state index in [0.717, 1.165) is 0 Å². The second-order valence-corrected chi connectivity index (χ2v) is 2.27. The van der Waals surface area contributed by atoms with Crippen LogP contribution in [0.15, 0.2) is 24.9 Å². The highest BCUT2D eigenvalue weighted by Crippen LogP contribution is 2.06. The van der Waals surface area contributed by atoms with Crippen LogP contribution in [0.1, 0.15) is 10.5 Å². The molecule has 12 heavy (non-hydrogen) atoms. The Morgan fingerprint density at radius 3 is 3.08 bits per heavy atom. The first-order valence-electron chi connectivity index (χ1n) is 3.29. The van der Waals surface area contributed by atoms with Crippen molar-refractivity contribution in [3.05, 3.63) is 30.6 Å². The average molecular weight is 163 g/mol. The van der Waals surface area contributed by atoms with Crippen LogP contribution in [0.25, 0.3) is 5.52 Å². The number of hydrogen-bond acceptors (Lipinski definition) is 3. The topological polar surface area (TPSA) is 67.5 Å². The second-order valence-electron chi connectivity index (χ2n) is 2.27. The van der Waals surface area contributed by atoms with Crippen LogP contribution in [0.5, 0.6) is 0 Å². The van der Waals surface area contributed by atoms with Crippen LogP contribution in [0.2, 0.25) is 0 Å². The van der Waals surface area contributed by atoms with Gasteiger partial charge in [0.15, 0.2) is 5.69 Å². The van der Waals surface area contributed by atoms with E-state index in [9.17, 15) is 4.79 Å². The van der Waals surface area contributed by atoms with Crippen molar-refractivity contribution in [1.82, 2.24) is 14.4 Å². The Morgan fingerprint density at radius 1 is 1.50 bits per heavy atom. The smallest absolute Gasteiger partial charge is 0.356 e. The molecule has 0 aliphatic carbocycles. The van der Waals surface area contributed by atoms with Crippen molar-refractivity contribution in [2.75, 3.05) is 0 Å². The summed E-state index contributed by atoms with van der Waals surface area (Å²) in [5.41, 5.74) is 0.606. The standard InChI is InChI=1S/C7H5N3O2/c11-7(12)6-5-1-2-8-3-10(5)4-9-6/h1-4H,(H,11,12). The highest BCUT2D eigenvalue weighted by molar-refractivity contribution is 5.93. The van der Waals surface area contributed by atoms with E-state index in [0.29, 0.717) is 5.52 Å². The van der Waals surface area contributed by atoms with Crippen LogP contribution in [-0.4, -0.2) is 25.4 Å². The van der Waals surface area contributed by atoms with E-state index in [2.05, 4.69) is 9.97 Å². The van der Waals surface area contributed by atoms with Crippen molar-refractivity contribution in [2.24, 2.45) is 0 Å². The monoisotopic (exact) mass is 163 g/mol. The molecule has 5 nitrogen and oxygen atoms in total. The number of nitrogens with zero attached hydrogens (tertiary/aromatic N) is 3. The Morgan fingerprint density at radius 2 is 2.33 bits per heavy atom. The number of aromatic carboxylic acids is 1. The van der Waals surface area contributed by atoms with Gasteiger partial charge >= 0.3 is 5.97 Å². The van der Waals surface area contributed by atoms with Crippen LogP contribution in [0.4, 0.5) is 0 Å². The number of aromatic nitrogens is 3. The molecule has 0 bridgehead atoms. The van der Waals surface area contributed by atoms with Gasteiger partial charge in [0, 0.05) is 6.20 Å². The van der Waals surface area contributed by atoms with E-state index in [1.165, 1.54) is 18.9 Å². The Labute approximate surface area is 67.3 Å². The third-order valence-corrected chi connectivity index (χ3v) is 1.54. The quantitative estimate of drug-likeness (QED) is 0.661. The van der Waals surface area contributed by atoms with Crippen LogP contribution in [-0.2, 0) is 0 Å². The molecular weight excluding hydrogens is 158 g/mol. The summed E-state index contributed by atoms with van der Waals surface area (Å²) in [6, 6.07) is 1.61. The minimum Gasteiger partial charge on any atom is -0.476 e. The van der Waals surface area contributed by atoms with E-state index < -0.39 is 5.97 Å². The molecule has 1 N–H and O–H groups in total. The lowest BCUT2D eigenvalue weighted by atomic mass is 10.4. The zero-order chi connectivity index (χ0) is 8.55. The van der Waals surface area contributed by atoms with Gasteiger partial charge in [0.1, 0.15) is 12.7 Å². The normalized spacial score (nSPS) is 10.3.